The van der Waals surface area contributed by atoms with Crippen molar-refractivity contribution in [2.45, 2.75) is 19.9 Å². The van der Waals surface area contributed by atoms with Crippen molar-refractivity contribution in [2.75, 3.05) is 20.3 Å². The van der Waals surface area contributed by atoms with E-state index in [-0.39, 0.29) is 6.04 Å². The summed E-state index contributed by atoms with van der Waals surface area (Å²) in [7, 11) is 1.66. The highest BCUT2D eigenvalue weighted by Gasteiger charge is 2.09. The van der Waals surface area contributed by atoms with Crippen LogP contribution in [0.5, 0.6) is 5.75 Å². The van der Waals surface area contributed by atoms with Gasteiger partial charge in [0.2, 0.25) is 0 Å². The Bertz CT molecular complexity index is 312. The molecule has 3 nitrogen and oxygen atoms in total. The fraction of sp³-hybridized carbons (Fsp3) is 0.500. The van der Waals surface area contributed by atoms with Crippen LogP contribution in [0.25, 0.3) is 0 Å². The molecular formula is C12H19NO2. The van der Waals surface area contributed by atoms with Crippen LogP contribution in [0.3, 0.4) is 0 Å². The van der Waals surface area contributed by atoms with Crippen LogP contribution in [0.4, 0.5) is 0 Å². The fourth-order valence-electron chi connectivity index (χ4n) is 1.53. The van der Waals surface area contributed by atoms with Crippen LogP contribution < -0.4 is 10.5 Å². The van der Waals surface area contributed by atoms with Gasteiger partial charge in [-0.15, -0.1) is 0 Å². The van der Waals surface area contributed by atoms with E-state index < -0.39 is 0 Å². The van der Waals surface area contributed by atoms with E-state index in [0.717, 1.165) is 16.9 Å². The first kappa shape index (κ1) is 12.0. The van der Waals surface area contributed by atoms with Gasteiger partial charge in [-0.2, -0.15) is 0 Å². The van der Waals surface area contributed by atoms with Crippen molar-refractivity contribution >= 4 is 0 Å². The molecule has 0 amide bonds. The SMILES string of the molecule is CCOCC(N)c1ccc(OC)cc1C. The van der Waals surface area contributed by atoms with Crippen LogP contribution in [0, 0.1) is 6.92 Å². The van der Waals surface area contributed by atoms with Crippen molar-refractivity contribution in [3.63, 3.8) is 0 Å². The number of benzene rings is 1. The monoisotopic (exact) mass is 209 g/mol. The lowest BCUT2D eigenvalue weighted by Crippen LogP contribution is -2.18. The highest BCUT2D eigenvalue weighted by molar-refractivity contribution is 5.36. The zero-order valence-corrected chi connectivity index (χ0v) is 9.62. The van der Waals surface area contributed by atoms with Crippen molar-refractivity contribution in [1.82, 2.24) is 0 Å². The van der Waals surface area contributed by atoms with Crippen molar-refractivity contribution in [1.29, 1.82) is 0 Å². The van der Waals surface area contributed by atoms with E-state index in [1.807, 2.05) is 32.0 Å². The molecule has 0 aromatic heterocycles. The van der Waals surface area contributed by atoms with E-state index in [9.17, 15) is 0 Å². The molecule has 15 heavy (non-hydrogen) atoms. The summed E-state index contributed by atoms with van der Waals surface area (Å²) in [5.74, 6) is 0.861. The number of hydrogen-bond donors (Lipinski definition) is 1. The second kappa shape index (κ2) is 5.73. The van der Waals surface area contributed by atoms with Gasteiger partial charge in [0.25, 0.3) is 0 Å². The number of rotatable bonds is 5. The molecular weight excluding hydrogens is 190 g/mol. The fourth-order valence-corrected chi connectivity index (χ4v) is 1.53. The molecule has 1 aromatic carbocycles. The standard InChI is InChI=1S/C12H19NO2/c1-4-15-8-12(13)11-6-5-10(14-3)7-9(11)2/h5-7,12H,4,8,13H2,1-3H3. The Labute approximate surface area is 91.2 Å². The minimum Gasteiger partial charge on any atom is -0.497 e. The summed E-state index contributed by atoms with van der Waals surface area (Å²) in [5, 5.41) is 0. The second-order valence-electron chi connectivity index (χ2n) is 3.49. The smallest absolute Gasteiger partial charge is 0.119 e. The molecule has 0 aliphatic rings. The average Bonchev–Trinajstić information content (AvgIpc) is 2.25. The molecule has 1 atom stereocenters. The molecule has 0 fully saturated rings. The molecule has 0 radical (unpaired) electrons. The van der Waals surface area contributed by atoms with Gasteiger partial charge in [0, 0.05) is 6.61 Å². The first-order valence-electron chi connectivity index (χ1n) is 5.17. The van der Waals surface area contributed by atoms with Gasteiger partial charge < -0.3 is 15.2 Å². The lowest BCUT2D eigenvalue weighted by atomic mass is 10.0. The van der Waals surface area contributed by atoms with E-state index in [2.05, 4.69) is 0 Å². The average molecular weight is 209 g/mol. The highest BCUT2D eigenvalue weighted by Crippen LogP contribution is 2.21. The summed E-state index contributed by atoms with van der Waals surface area (Å²) in [6.07, 6.45) is 0. The maximum atomic E-state index is 6.01. The predicted octanol–water partition coefficient (Wildman–Crippen LogP) is 2.04. The van der Waals surface area contributed by atoms with E-state index in [1.54, 1.807) is 7.11 Å². The Morgan fingerprint density at radius 1 is 1.40 bits per heavy atom. The van der Waals surface area contributed by atoms with Crippen molar-refractivity contribution in [3.05, 3.63) is 29.3 Å². The Hall–Kier alpha value is -1.06. The van der Waals surface area contributed by atoms with Gasteiger partial charge in [-0.05, 0) is 37.1 Å². The van der Waals surface area contributed by atoms with E-state index in [4.69, 9.17) is 15.2 Å². The minimum absolute atomic E-state index is 0.0594. The maximum absolute atomic E-state index is 6.01. The van der Waals surface area contributed by atoms with Crippen molar-refractivity contribution < 1.29 is 9.47 Å². The highest BCUT2D eigenvalue weighted by atomic mass is 16.5. The van der Waals surface area contributed by atoms with Crippen LogP contribution in [0.15, 0.2) is 18.2 Å². The lowest BCUT2D eigenvalue weighted by molar-refractivity contribution is 0.133. The molecule has 0 heterocycles. The van der Waals surface area contributed by atoms with Gasteiger partial charge in [0.1, 0.15) is 5.75 Å². The first-order valence-corrected chi connectivity index (χ1v) is 5.17. The van der Waals surface area contributed by atoms with Gasteiger partial charge in [0.15, 0.2) is 0 Å². The van der Waals surface area contributed by atoms with E-state index >= 15 is 0 Å². The van der Waals surface area contributed by atoms with Crippen LogP contribution in [0.2, 0.25) is 0 Å². The largest absolute Gasteiger partial charge is 0.497 e. The third-order valence-electron chi connectivity index (χ3n) is 2.38. The molecule has 0 spiro atoms. The summed E-state index contributed by atoms with van der Waals surface area (Å²) >= 11 is 0. The van der Waals surface area contributed by atoms with E-state index in [1.165, 1.54) is 0 Å². The Morgan fingerprint density at radius 3 is 2.67 bits per heavy atom. The molecule has 0 bridgehead atoms. The number of ether oxygens (including phenoxy) is 2. The molecule has 3 heteroatoms. The topological polar surface area (TPSA) is 44.5 Å². The Kier molecular flexibility index (Phi) is 4.59. The van der Waals surface area contributed by atoms with Crippen LogP contribution in [-0.2, 0) is 4.74 Å². The van der Waals surface area contributed by atoms with Crippen LogP contribution in [0.1, 0.15) is 24.1 Å². The van der Waals surface area contributed by atoms with E-state index in [0.29, 0.717) is 13.2 Å². The number of hydrogen-bond acceptors (Lipinski definition) is 3. The number of nitrogens with two attached hydrogens (primary N) is 1. The molecule has 2 N–H and O–H groups in total. The van der Waals surface area contributed by atoms with Crippen molar-refractivity contribution in [3.8, 4) is 5.75 Å². The van der Waals surface area contributed by atoms with Gasteiger partial charge >= 0.3 is 0 Å². The summed E-state index contributed by atoms with van der Waals surface area (Å²) in [6.45, 7) is 5.25. The zero-order valence-electron chi connectivity index (χ0n) is 9.62. The van der Waals surface area contributed by atoms with Crippen molar-refractivity contribution in [2.24, 2.45) is 5.73 Å². The third-order valence-corrected chi connectivity index (χ3v) is 2.38. The maximum Gasteiger partial charge on any atom is 0.119 e. The third kappa shape index (κ3) is 3.22. The molecule has 84 valence electrons. The van der Waals surface area contributed by atoms with Gasteiger partial charge in [-0.25, -0.2) is 0 Å². The summed E-state index contributed by atoms with van der Waals surface area (Å²) in [4.78, 5) is 0. The predicted molar refractivity (Wildman–Crippen MR) is 61.2 cm³/mol. The molecule has 0 aliphatic carbocycles. The molecule has 1 unspecified atom stereocenters. The van der Waals surface area contributed by atoms with Crippen LogP contribution in [-0.4, -0.2) is 20.3 Å². The molecule has 0 aliphatic heterocycles. The van der Waals surface area contributed by atoms with Gasteiger partial charge in [0.05, 0.1) is 19.8 Å². The van der Waals surface area contributed by atoms with Crippen LogP contribution >= 0.6 is 0 Å². The normalized spacial score (nSPS) is 12.5. The number of methoxy groups -OCH3 is 1. The van der Waals surface area contributed by atoms with Gasteiger partial charge in [-0.3, -0.25) is 0 Å². The summed E-state index contributed by atoms with van der Waals surface area (Å²) in [6, 6.07) is 5.85. The molecule has 0 saturated carbocycles. The Morgan fingerprint density at radius 2 is 2.13 bits per heavy atom. The molecule has 0 saturated heterocycles. The molecule has 1 rings (SSSR count). The summed E-state index contributed by atoms with van der Waals surface area (Å²) in [5.41, 5.74) is 8.26. The lowest BCUT2D eigenvalue weighted by Gasteiger charge is -2.15. The van der Waals surface area contributed by atoms with Gasteiger partial charge in [-0.1, -0.05) is 6.07 Å². The molecule has 1 aromatic rings. The Balaban J connectivity index is 2.76. The zero-order chi connectivity index (χ0) is 11.3. The first-order chi connectivity index (χ1) is 7.19. The summed E-state index contributed by atoms with van der Waals surface area (Å²) < 4.78 is 10.4. The number of aryl methyl sites for hydroxylation is 1. The quantitative estimate of drug-likeness (QED) is 0.807. The second-order valence-corrected chi connectivity index (χ2v) is 3.49. The minimum atomic E-state index is -0.0594.